The molecule has 6 heteroatoms. The first-order valence-corrected chi connectivity index (χ1v) is 9.20. The molecule has 0 aromatic carbocycles. The average molecular weight is 451 g/mol. The zero-order chi connectivity index (χ0) is 16.7. The molecule has 0 radical (unpaired) electrons. The van der Waals surface area contributed by atoms with Crippen LogP contribution in [0.15, 0.2) is 4.99 Å². The van der Waals surface area contributed by atoms with Gasteiger partial charge in [0.05, 0.1) is 12.5 Å². The summed E-state index contributed by atoms with van der Waals surface area (Å²) >= 11 is 0. The molecule has 0 aromatic heterocycles. The Bertz CT molecular complexity index is 414. The van der Waals surface area contributed by atoms with Crippen molar-refractivity contribution in [2.75, 3.05) is 20.2 Å². The summed E-state index contributed by atoms with van der Waals surface area (Å²) in [6.07, 6.45) is 9.13. The van der Waals surface area contributed by atoms with Gasteiger partial charge < -0.3 is 15.4 Å². The number of aliphatic imine (C=N–C) groups is 1. The minimum atomic E-state index is -0.0254. The number of esters is 1. The third-order valence-electron chi connectivity index (χ3n) is 5.40. The van der Waals surface area contributed by atoms with Gasteiger partial charge in [-0.05, 0) is 50.9 Å². The first-order valence-electron chi connectivity index (χ1n) is 9.20. The van der Waals surface area contributed by atoms with Crippen molar-refractivity contribution >= 4 is 35.9 Å². The lowest BCUT2D eigenvalue weighted by Gasteiger charge is -2.30. The highest BCUT2D eigenvalue weighted by atomic mass is 127. The quantitative estimate of drug-likeness (QED) is 0.291. The molecular weight excluding hydrogens is 417 g/mol. The first-order chi connectivity index (χ1) is 11.1. The molecule has 2 fully saturated rings. The van der Waals surface area contributed by atoms with Crippen LogP contribution in [0.1, 0.15) is 65.2 Å². The van der Waals surface area contributed by atoms with Crippen molar-refractivity contribution in [3.63, 3.8) is 0 Å². The zero-order valence-corrected chi connectivity index (χ0v) is 17.7. The van der Waals surface area contributed by atoms with Gasteiger partial charge in [-0.1, -0.05) is 19.8 Å². The maximum Gasteiger partial charge on any atom is 0.308 e. The largest absolute Gasteiger partial charge is 0.466 e. The lowest BCUT2D eigenvalue weighted by molar-refractivity contribution is -0.149. The van der Waals surface area contributed by atoms with Crippen molar-refractivity contribution < 1.29 is 9.53 Å². The molecule has 0 bridgehead atoms. The smallest absolute Gasteiger partial charge is 0.308 e. The Kier molecular flexibility index (Phi) is 9.37. The highest BCUT2D eigenvalue weighted by Gasteiger charge is 2.30. The number of hydrogen-bond acceptors (Lipinski definition) is 3. The fraction of sp³-hybridized carbons (Fsp3) is 0.889. The molecule has 0 saturated heterocycles. The molecular formula is C18H34IN3O2. The monoisotopic (exact) mass is 451 g/mol. The van der Waals surface area contributed by atoms with Crippen LogP contribution in [0.2, 0.25) is 0 Å². The van der Waals surface area contributed by atoms with Gasteiger partial charge in [-0.15, -0.1) is 24.0 Å². The maximum atomic E-state index is 11.8. The Labute approximate surface area is 163 Å². The standard InChI is InChI=1S/C18H33N3O2.HI/c1-4-23-16(22)14-7-9-15(10-8-14)21-17(19-3)20-13-18(2)11-5-6-12-18;/h14-15H,4-13H2,1-3H3,(H2,19,20,21);1H. The third-order valence-corrected chi connectivity index (χ3v) is 5.40. The normalized spacial score (nSPS) is 26.4. The van der Waals surface area contributed by atoms with E-state index in [0.717, 1.165) is 38.2 Å². The number of guanidine groups is 1. The Morgan fingerprint density at radius 2 is 1.83 bits per heavy atom. The Balaban J connectivity index is 0.00000288. The SMILES string of the molecule is CCOC(=O)C1CCC(NC(=NC)NCC2(C)CCCC2)CC1.I. The van der Waals surface area contributed by atoms with Crippen molar-refractivity contribution in [3.8, 4) is 0 Å². The summed E-state index contributed by atoms with van der Waals surface area (Å²) in [7, 11) is 1.83. The second kappa shape index (κ2) is 10.5. The summed E-state index contributed by atoms with van der Waals surface area (Å²) in [5, 5.41) is 7.03. The maximum absolute atomic E-state index is 11.8. The molecule has 2 N–H and O–H groups in total. The predicted molar refractivity (Wildman–Crippen MR) is 109 cm³/mol. The zero-order valence-electron chi connectivity index (χ0n) is 15.4. The molecule has 0 atom stereocenters. The van der Waals surface area contributed by atoms with Crippen molar-refractivity contribution in [2.24, 2.45) is 16.3 Å². The summed E-state index contributed by atoms with van der Waals surface area (Å²) in [5.41, 5.74) is 0.416. The molecule has 2 rings (SSSR count). The molecule has 0 heterocycles. The molecule has 24 heavy (non-hydrogen) atoms. The minimum Gasteiger partial charge on any atom is -0.466 e. The van der Waals surface area contributed by atoms with E-state index in [4.69, 9.17) is 4.74 Å². The molecule has 5 nitrogen and oxygen atoms in total. The number of halogens is 1. The molecule has 2 saturated carbocycles. The molecule has 0 unspecified atom stereocenters. The topological polar surface area (TPSA) is 62.7 Å². The average Bonchev–Trinajstić information content (AvgIpc) is 2.99. The van der Waals surface area contributed by atoms with Gasteiger partial charge in [0.1, 0.15) is 0 Å². The highest BCUT2D eigenvalue weighted by Crippen LogP contribution is 2.36. The van der Waals surface area contributed by atoms with Crippen molar-refractivity contribution in [1.29, 1.82) is 0 Å². The number of nitrogens with one attached hydrogen (secondary N) is 2. The van der Waals surface area contributed by atoms with Crippen LogP contribution in [0, 0.1) is 11.3 Å². The van der Waals surface area contributed by atoms with E-state index in [1.165, 1.54) is 25.7 Å². The van der Waals surface area contributed by atoms with Gasteiger partial charge in [0, 0.05) is 19.6 Å². The summed E-state index contributed by atoms with van der Waals surface area (Å²) in [4.78, 5) is 16.1. The number of hydrogen-bond donors (Lipinski definition) is 2. The van der Waals surface area contributed by atoms with Crippen molar-refractivity contribution in [3.05, 3.63) is 0 Å². The van der Waals surface area contributed by atoms with Gasteiger partial charge in [-0.3, -0.25) is 9.79 Å². The van der Waals surface area contributed by atoms with Gasteiger partial charge in [0.25, 0.3) is 0 Å². The summed E-state index contributed by atoms with van der Waals surface area (Å²) < 4.78 is 5.13. The van der Waals surface area contributed by atoms with Gasteiger partial charge in [-0.25, -0.2) is 0 Å². The van der Waals surface area contributed by atoms with Crippen LogP contribution in [-0.4, -0.2) is 38.2 Å². The fourth-order valence-electron chi connectivity index (χ4n) is 3.82. The van der Waals surface area contributed by atoms with E-state index in [1.807, 2.05) is 14.0 Å². The van der Waals surface area contributed by atoms with Crippen LogP contribution in [0.4, 0.5) is 0 Å². The van der Waals surface area contributed by atoms with E-state index in [9.17, 15) is 4.79 Å². The van der Waals surface area contributed by atoms with Crippen LogP contribution < -0.4 is 10.6 Å². The van der Waals surface area contributed by atoms with Crippen LogP contribution in [0.25, 0.3) is 0 Å². The van der Waals surface area contributed by atoms with E-state index in [-0.39, 0.29) is 35.9 Å². The second-order valence-electron chi connectivity index (χ2n) is 7.39. The number of ether oxygens (including phenoxy) is 1. The molecule has 0 aromatic rings. The van der Waals surface area contributed by atoms with Gasteiger partial charge in [0.2, 0.25) is 0 Å². The molecule has 140 valence electrons. The van der Waals surface area contributed by atoms with Gasteiger partial charge in [-0.2, -0.15) is 0 Å². The molecule has 0 aliphatic heterocycles. The molecule has 2 aliphatic carbocycles. The number of carbonyl (C=O) groups is 1. The summed E-state index contributed by atoms with van der Waals surface area (Å²) in [6.45, 7) is 5.70. The second-order valence-corrected chi connectivity index (χ2v) is 7.39. The van der Waals surface area contributed by atoms with E-state index in [2.05, 4.69) is 22.5 Å². The van der Waals surface area contributed by atoms with Crippen LogP contribution in [0.3, 0.4) is 0 Å². The number of carbonyl (C=O) groups excluding carboxylic acids is 1. The van der Waals surface area contributed by atoms with Gasteiger partial charge in [0.15, 0.2) is 5.96 Å². The number of nitrogens with zero attached hydrogens (tertiary/aromatic N) is 1. The van der Waals surface area contributed by atoms with Crippen molar-refractivity contribution in [1.82, 2.24) is 10.6 Å². The fourth-order valence-corrected chi connectivity index (χ4v) is 3.82. The molecule has 0 spiro atoms. The Hall–Kier alpha value is -0.530. The van der Waals surface area contributed by atoms with Gasteiger partial charge >= 0.3 is 5.97 Å². The van der Waals surface area contributed by atoms with Crippen LogP contribution in [0.5, 0.6) is 0 Å². The molecule has 2 aliphatic rings. The third kappa shape index (κ3) is 6.41. The number of rotatable bonds is 5. The van der Waals surface area contributed by atoms with E-state index >= 15 is 0 Å². The minimum absolute atomic E-state index is 0. The van der Waals surface area contributed by atoms with Crippen molar-refractivity contribution in [2.45, 2.75) is 71.3 Å². The van der Waals surface area contributed by atoms with E-state index in [1.54, 1.807) is 0 Å². The summed E-state index contributed by atoms with van der Waals surface area (Å²) in [6, 6.07) is 0.406. The highest BCUT2D eigenvalue weighted by molar-refractivity contribution is 14.0. The Morgan fingerprint density at radius 3 is 2.38 bits per heavy atom. The van der Waals surface area contributed by atoms with Crippen LogP contribution in [-0.2, 0) is 9.53 Å². The van der Waals surface area contributed by atoms with E-state index in [0.29, 0.717) is 18.1 Å². The lowest BCUT2D eigenvalue weighted by atomic mass is 9.86. The Morgan fingerprint density at radius 1 is 1.21 bits per heavy atom. The van der Waals surface area contributed by atoms with Crippen LogP contribution >= 0.6 is 24.0 Å². The lowest BCUT2D eigenvalue weighted by Crippen LogP contribution is -2.47. The molecule has 0 amide bonds. The summed E-state index contributed by atoms with van der Waals surface area (Å²) in [5.74, 6) is 0.959. The first kappa shape index (κ1) is 21.5. The van der Waals surface area contributed by atoms with E-state index < -0.39 is 0 Å². The predicted octanol–water partition coefficient (Wildman–Crippen LogP) is 3.47.